The van der Waals surface area contributed by atoms with Crippen LogP contribution in [0.2, 0.25) is 0 Å². The van der Waals surface area contributed by atoms with Crippen molar-refractivity contribution in [3.63, 3.8) is 0 Å². The average molecular weight is 283 g/mol. The molecule has 2 aromatic rings. The molecule has 1 heterocycles. The minimum atomic E-state index is -0.115. The van der Waals surface area contributed by atoms with Crippen LogP contribution in [0.3, 0.4) is 0 Å². The number of nitrogens with one attached hydrogen (secondary N) is 1. The van der Waals surface area contributed by atoms with Crippen LogP contribution >= 0.6 is 0 Å². The van der Waals surface area contributed by atoms with Crippen LogP contribution in [-0.2, 0) is 0 Å². The minimum Gasteiger partial charge on any atom is -0.372 e. The second-order valence-corrected chi connectivity index (χ2v) is 4.86. The summed E-state index contributed by atoms with van der Waals surface area (Å²) in [7, 11) is 0. The number of amides is 1. The summed E-state index contributed by atoms with van der Waals surface area (Å²) in [5, 5.41) is 2.90. The lowest BCUT2D eigenvalue weighted by Crippen LogP contribution is -2.21. The monoisotopic (exact) mass is 283 g/mol. The number of hydrogen-bond donors (Lipinski definition) is 1. The lowest BCUT2D eigenvalue weighted by atomic mass is 10.2. The largest absolute Gasteiger partial charge is 0.372 e. The highest BCUT2D eigenvalue weighted by Gasteiger charge is 2.07. The lowest BCUT2D eigenvalue weighted by molar-refractivity contribution is 0.102. The zero-order valence-electron chi connectivity index (χ0n) is 12.8. The molecule has 1 aromatic carbocycles. The number of benzene rings is 1. The molecular weight excluding hydrogens is 262 g/mol. The van der Waals surface area contributed by atoms with Gasteiger partial charge in [0.15, 0.2) is 0 Å². The van der Waals surface area contributed by atoms with E-state index in [1.54, 1.807) is 18.3 Å². The summed E-state index contributed by atoms with van der Waals surface area (Å²) in [4.78, 5) is 18.5. The Balaban J connectivity index is 2.08. The molecule has 4 nitrogen and oxygen atoms in total. The topological polar surface area (TPSA) is 45.2 Å². The maximum Gasteiger partial charge on any atom is 0.255 e. The summed E-state index contributed by atoms with van der Waals surface area (Å²) in [6.07, 6.45) is 1.65. The van der Waals surface area contributed by atoms with Crippen LogP contribution in [0.5, 0.6) is 0 Å². The van der Waals surface area contributed by atoms with Crippen molar-refractivity contribution in [2.75, 3.05) is 23.3 Å². The summed E-state index contributed by atoms with van der Waals surface area (Å²) in [6.45, 7) is 8.07. The second kappa shape index (κ2) is 6.88. The second-order valence-electron chi connectivity index (χ2n) is 4.86. The Hall–Kier alpha value is -2.36. The zero-order valence-corrected chi connectivity index (χ0v) is 12.8. The number of anilines is 2. The van der Waals surface area contributed by atoms with Crippen molar-refractivity contribution in [1.29, 1.82) is 0 Å². The number of pyridine rings is 1. The first-order valence-electron chi connectivity index (χ1n) is 7.23. The van der Waals surface area contributed by atoms with Crippen LogP contribution in [0.4, 0.5) is 11.4 Å². The van der Waals surface area contributed by atoms with Crippen molar-refractivity contribution in [2.24, 2.45) is 0 Å². The van der Waals surface area contributed by atoms with Crippen LogP contribution in [-0.4, -0.2) is 24.0 Å². The maximum absolute atomic E-state index is 12.1. The van der Waals surface area contributed by atoms with Gasteiger partial charge in [-0.15, -0.1) is 0 Å². The zero-order chi connectivity index (χ0) is 15.2. The van der Waals surface area contributed by atoms with E-state index < -0.39 is 0 Å². The average Bonchev–Trinajstić information content (AvgIpc) is 2.50. The molecule has 0 aliphatic rings. The standard InChI is InChI=1S/C17H21N3O/c1-4-20(5-2)16-8-6-15(7-9-16)19-17(21)14-10-11-18-13(3)12-14/h6-12H,4-5H2,1-3H3,(H,19,21). The molecule has 1 N–H and O–H groups in total. The molecule has 4 heteroatoms. The molecule has 2 rings (SSSR count). The van der Waals surface area contributed by atoms with Crippen molar-refractivity contribution < 1.29 is 4.79 Å². The highest BCUT2D eigenvalue weighted by atomic mass is 16.1. The van der Waals surface area contributed by atoms with Crippen molar-refractivity contribution in [3.8, 4) is 0 Å². The summed E-state index contributed by atoms with van der Waals surface area (Å²) in [5.41, 5.74) is 3.41. The number of carbonyl (C=O) groups excluding carboxylic acids is 1. The third kappa shape index (κ3) is 3.81. The highest BCUT2D eigenvalue weighted by Crippen LogP contribution is 2.18. The first kappa shape index (κ1) is 15.0. The van der Waals surface area contributed by atoms with E-state index in [9.17, 15) is 4.79 Å². The number of rotatable bonds is 5. The molecule has 0 saturated carbocycles. The summed E-state index contributed by atoms with van der Waals surface area (Å²) >= 11 is 0. The van der Waals surface area contributed by atoms with Crippen LogP contribution < -0.4 is 10.2 Å². The number of carbonyl (C=O) groups is 1. The Bertz CT molecular complexity index is 604. The third-order valence-corrected chi connectivity index (χ3v) is 3.41. The normalized spacial score (nSPS) is 10.2. The number of aryl methyl sites for hydroxylation is 1. The molecule has 0 radical (unpaired) electrons. The predicted molar refractivity (Wildman–Crippen MR) is 86.9 cm³/mol. The molecule has 1 amide bonds. The molecule has 0 aliphatic carbocycles. The van der Waals surface area contributed by atoms with Crippen molar-refractivity contribution >= 4 is 17.3 Å². The number of aromatic nitrogens is 1. The van der Waals surface area contributed by atoms with Gasteiger partial charge < -0.3 is 10.2 Å². The van der Waals surface area contributed by atoms with Gasteiger partial charge >= 0.3 is 0 Å². The Morgan fingerprint density at radius 2 is 1.81 bits per heavy atom. The summed E-state index contributed by atoms with van der Waals surface area (Å²) in [5.74, 6) is -0.115. The summed E-state index contributed by atoms with van der Waals surface area (Å²) < 4.78 is 0. The van der Waals surface area contributed by atoms with Crippen molar-refractivity contribution in [1.82, 2.24) is 4.98 Å². The molecular formula is C17H21N3O. The van der Waals surface area contributed by atoms with Crippen LogP contribution in [0, 0.1) is 6.92 Å². The number of hydrogen-bond acceptors (Lipinski definition) is 3. The van der Waals surface area contributed by atoms with E-state index in [2.05, 4.69) is 29.0 Å². The minimum absolute atomic E-state index is 0.115. The molecule has 0 saturated heterocycles. The van der Waals surface area contributed by atoms with Gasteiger partial charge in [-0.3, -0.25) is 9.78 Å². The van der Waals surface area contributed by atoms with Crippen LogP contribution in [0.15, 0.2) is 42.6 Å². The fraction of sp³-hybridized carbons (Fsp3) is 0.294. The first-order valence-corrected chi connectivity index (χ1v) is 7.23. The molecule has 110 valence electrons. The quantitative estimate of drug-likeness (QED) is 0.913. The molecule has 0 fully saturated rings. The molecule has 0 atom stereocenters. The van der Waals surface area contributed by atoms with Crippen molar-refractivity contribution in [2.45, 2.75) is 20.8 Å². The van der Waals surface area contributed by atoms with Gasteiger partial charge in [0.25, 0.3) is 5.91 Å². The van der Waals surface area contributed by atoms with Gasteiger partial charge in [0.2, 0.25) is 0 Å². The first-order chi connectivity index (χ1) is 10.1. The maximum atomic E-state index is 12.1. The SMILES string of the molecule is CCN(CC)c1ccc(NC(=O)c2ccnc(C)c2)cc1. The van der Waals surface area contributed by atoms with E-state index in [1.807, 2.05) is 31.2 Å². The lowest BCUT2D eigenvalue weighted by Gasteiger charge is -2.21. The van der Waals surface area contributed by atoms with E-state index in [0.29, 0.717) is 5.56 Å². The number of nitrogens with zero attached hydrogens (tertiary/aromatic N) is 2. The molecule has 21 heavy (non-hydrogen) atoms. The highest BCUT2D eigenvalue weighted by molar-refractivity contribution is 6.04. The van der Waals surface area contributed by atoms with Gasteiger partial charge in [0.05, 0.1) is 0 Å². The fourth-order valence-electron chi connectivity index (χ4n) is 2.23. The van der Waals surface area contributed by atoms with Gasteiger partial charge in [-0.1, -0.05) is 0 Å². The van der Waals surface area contributed by atoms with Crippen LogP contribution in [0.1, 0.15) is 29.9 Å². The van der Waals surface area contributed by atoms with Crippen LogP contribution in [0.25, 0.3) is 0 Å². The van der Waals surface area contributed by atoms with Gasteiger partial charge in [-0.2, -0.15) is 0 Å². The Kier molecular flexibility index (Phi) is 4.93. The molecule has 0 unspecified atom stereocenters. The van der Waals surface area contributed by atoms with E-state index >= 15 is 0 Å². The third-order valence-electron chi connectivity index (χ3n) is 3.41. The van der Waals surface area contributed by atoms with Gasteiger partial charge in [-0.05, 0) is 57.2 Å². The smallest absolute Gasteiger partial charge is 0.255 e. The van der Waals surface area contributed by atoms with E-state index in [4.69, 9.17) is 0 Å². The van der Waals surface area contributed by atoms with E-state index in [1.165, 1.54) is 0 Å². The Morgan fingerprint density at radius 3 is 2.38 bits per heavy atom. The van der Waals surface area contributed by atoms with E-state index in [-0.39, 0.29) is 5.91 Å². The Labute approximate surface area is 125 Å². The molecule has 1 aromatic heterocycles. The Morgan fingerprint density at radius 1 is 1.14 bits per heavy atom. The molecule has 0 bridgehead atoms. The fourth-order valence-corrected chi connectivity index (χ4v) is 2.23. The predicted octanol–water partition coefficient (Wildman–Crippen LogP) is 3.49. The molecule has 0 spiro atoms. The van der Waals surface area contributed by atoms with Gasteiger partial charge in [0, 0.05) is 41.9 Å². The van der Waals surface area contributed by atoms with Gasteiger partial charge in [0.1, 0.15) is 0 Å². The van der Waals surface area contributed by atoms with Gasteiger partial charge in [-0.25, -0.2) is 0 Å². The summed E-state index contributed by atoms with van der Waals surface area (Å²) in [6, 6.07) is 11.4. The van der Waals surface area contributed by atoms with Crippen molar-refractivity contribution in [3.05, 3.63) is 53.9 Å². The van der Waals surface area contributed by atoms with E-state index in [0.717, 1.165) is 30.2 Å². The molecule has 0 aliphatic heterocycles.